The molecule has 0 atom stereocenters. The average Bonchev–Trinajstić information content (AvgIpc) is 3.04. The van der Waals surface area contributed by atoms with E-state index in [0.29, 0.717) is 37.5 Å². The van der Waals surface area contributed by atoms with Crippen LogP contribution in [0, 0.1) is 6.92 Å². The number of nitrogens with zero attached hydrogens (tertiary/aromatic N) is 5. The van der Waals surface area contributed by atoms with Crippen molar-refractivity contribution in [2.75, 3.05) is 37.7 Å². The van der Waals surface area contributed by atoms with Gasteiger partial charge < -0.3 is 14.5 Å². The number of pyridine rings is 1. The Morgan fingerprint density at radius 2 is 1.84 bits per heavy atom. The van der Waals surface area contributed by atoms with E-state index >= 15 is 0 Å². The predicted octanol–water partition coefficient (Wildman–Crippen LogP) is 3.10. The number of aromatic nitrogens is 3. The Kier molecular flexibility index (Phi) is 6.49. The summed E-state index contributed by atoms with van der Waals surface area (Å²) in [6.45, 7) is 6.75. The Balaban J connectivity index is 1.42. The van der Waals surface area contributed by atoms with Crippen molar-refractivity contribution in [2.45, 2.75) is 20.3 Å². The summed E-state index contributed by atoms with van der Waals surface area (Å²) in [6, 6.07) is 15.2. The number of aryl methyl sites for hydroxylation is 1. The highest BCUT2D eigenvalue weighted by atomic mass is 16.5. The molecule has 32 heavy (non-hydrogen) atoms. The zero-order valence-corrected chi connectivity index (χ0v) is 18.4. The third-order valence-corrected chi connectivity index (χ3v) is 5.47. The van der Waals surface area contributed by atoms with Crippen LogP contribution in [0.25, 0.3) is 5.69 Å². The SMILES string of the molecule is CCOC(=O)c1ccc(N2CCCN(C(=O)c3cc(C)n(-c4ccccc4)n3)CC2)nc1. The van der Waals surface area contributed by atoms with Crippen molar-refractivity contribution >= 4 is 17.7 Å². The number of esters is 1. The van der Waals surface area contributed by atoms with Gasteiger partial charge in [-0.3, -0.25) is 4.79 Å². The highest BCUT2D eigenvalue weighted by Crippen LogP contribution is 2.17. The highest BCUT2D eigenvalue weighted by molar-refractivity contribution is 5.92. The standard InChI is InChI=1S/C24H27N5O3/c1-3-32-24(31)19-10-11-22(25-17-19)27-12-7-13-28(15-14-27)23(30)21-16-18(2)29(26-21)20-8-5-4-6-9-20/h4-6,8-11,16-17H,3,7,12-15H2,1-2H3. The molecule has 1 aliphatic rings. The van der Waals surface area contributed by atoms with E-state index in [4.69, 9.17) is 4.74 Å². The van der Waals surface area contributed by atoms with Crippen LogP contribution in [0.5, 0.6) is 0 Å². The van der Waals surface area contributed by atoms with Crippen LogP contribution in [0.15, 0.2) is 54.7 Å². The molecule has 1 amide bonds. The average molecular weight is 434 g/mol. The van der Waals surface area contributed by atoms with Crippen LogP contribution < -0.4 is 4.90 Å². The smallest absolute Gasteiger partial charge is 0.339 e. The molecule has 0 bridgehead atoms. The van der Waals surface area contributed by atoms with Gasteiger partial charge in [0.15, 0.2) is 5.69 Å². The molecule has 0 spiro atoms. The van der Waals surface area contributed by atoms with Crippen LogP contribution in [0.3, 0.4) is 0 Å². The van der Waals surface area contributed by atoms with E-state index in [-0.39, 0.29) is 11.9 Å². The molecule has 2 aromatic heterocycles. The van der Waals surface area contributed by atoms with Crippen LogP contribution in [-0.4, -0.2) is 64.3 Å². The quantitative estimate of drug-likeness (QED) is 0.575. The first kappa shape index (κ1) is 21.5. The van der Waals surface area contributed by atoms with Crippen LogP contribution in [0.4, 0.5) is 5.82 Å². The van der Waals surface area contributed by atoms with E-state index in [1.807, 2.05) is 54.3 Å². The maximum atomic E-state index is 13.1. The molecule has 0 saturated carbocycles. The number of ether oxygens (including phenoxy) is 1. The fraction of sp³-hybridized carbons (Fsp3) is 0.333. The van der Waals surface area contributed by atoms with Crippen molar-refractivity contribution in [3.63, 3.8) is 0 Å². The molecule has 0 aliphatic carbocycles. The van der Waals surface area contributed by atoms with Gasteiger partial charge in [0.05, 0.1) is 17.9 Å². The third-order valence-electron chi connectivity index (χ3n) is 5.47. The predicted molar refractivity (Wildman–Crippen MR) is 121 cm³/mol. The molecule has 4 rings (SSSR count). The molecule has 1 saturated heterocycles. The Morgan fingerprint density at radius 1 is 1.03 bits per heavy atom. The number of rotatable bonds is 5. The minimum Gasteiger partial charge on any atom is -0.462 e. The van der Waals surface area contributed by atoms with Gasteiger partial charge in [-0.25, -0.2) is 14.5 Å². The summed E-state index contributed by atoms with van der Waals surface area (Å²) >= 11 is 0. The number of benzene rings is 1. The molecule has 0 unspecified atom stereocenters. The third kappa shape index (κ3) is 4.64. The largest absolute Gasteiger partial charge is 0.462 e. The minimum absolute atomic E-state index is 0.0600. The Morgan fingerprint density at radius 3 is 2.56 bits per heavy atom. The second-order valence-electron chi connectivity index (χ2n) is 7.68. The minimum atomic E-state index is -0.371. The Labute approximate surface area is 187 Å². The van der Waals surface area contributed by atoms with Gasteiger partial charge in [-0.15, -0.1) is 0 Å². The number of carbonyl (C=O) groups excluding carboxylic acids is 2. The number of hydrogen-bond acceptors (Lipinski definition) is 6. The normalized spacial score (nSPS) is 14.2. The van der Waals surface area contributed by atoms with Crippen molar-refractivity contribution in [1.82, 2.24) is 19.7 Å². The van der Waals surface area contributed by atoms with Crippen molar-refractivity contribution in [3.8, 4) is 5.69 Å². The Hall–Kier alpha value is -3.68. The van der Waals surface area contributed by atoms with E-state index < -0.39 is 0 Å². The molecule has 8 heteroatoms. The van der Waals surface area contributed by atoms with Gasteiger partial charge in [-0.1, -0.05) is 18.2 Å². The first-order valence-electron chi connectivity index (χ1n) is 10.9. The first-order chi connectivity index (χ1) is 15.6. The lowest BCUT2D eigenvalue weighted by atomic mass is 10.2. The van der Waals surface area contributed by atoms with Crippen molar-refractivity contribution < 1.29 is 14.3 Å². The van der Waals surface area contributed by atoms with Crippen molar-refractivity contribution in [1.29, 1.82) is 0 Å². The summed E-state index contributed by atoms with van der Waals surface area (Å²) in [5.74, 6) is 0.358. The van der Waals surface area contributed by atoms with Gasteiger partial charge in [0, 0.05) is 38.1 Å². The molecule has 0 N–H and O–H groups in total. The monoisotopic (exact) mass is 433 g/mol. The summed E-state index contributed by atoms with van der Waals surface area (Å²) in [4.78, 5) is 33.4. The molecule has 3 aromatic rings. The zero-order chi connectivity index (χ0) is 22.5. The van der Waals surface area contributed by atoms with E-state index in [1.165, 1.54) is 0 Å². The van der Waals surface area contributed by atoms with Gasteiger partial charge in [-0.2, -0.15) is 5.10 Å². The second kappa shape index (κ2) is 9.64. The van der Waals surface area contributed by atoms with Crippen LogP contribution in [0.2, 0.25) is 0 Å². The van der Waals surface area contributed by atoms with Crippen molar-refractivity contribution in [3.05, 3.63) is 71.7 Å². The Bertz CT molecular complexity index is 1080. The summed E-state index contributed by atoms with van der Waals surface area (Å²) in [7, 11) is 0. The first-order valence-corrected chi connectivity index (χ1v) is 10.9. The summed E-state index contributed by atoms with van der Waals surface area (Å²) in [5, 5.41) is 4.56. The highest BCUT2D eigenvalue weighted by Gasteiger charge is 2.23. The molecular weight excluding hydrogens is 406 g/mol. The lowest BCUT2D eigenvalue weighted by Gasteiger charge is -2.22. The van der Waals surface area contributed by atoms with E-state index in [2.05, 4.69) is 15.0 Å². The van der Waals surface area contributed by atoms with E-state index in [0.717, 1.165) is 30.2 Å². The maximum absolute atomic E-state index is 13.1. The molecule has 0 radical (unpaired) electrons. The number of carbonyl (C=O) groups is 2. The maximum Gasteiger partial charge on any atom is 0.339 e. The summed E-state index contributed by atoms with van der Waals surface area (Å²) in [6.07, 6.45) is 2.37. The van der Waals surface area contributed by atoms with Gasteiger partial charge in [-0.05, 0) is 50.6 Å². The van der Waals surface area contributed by atoms with E-state index in [9.17, 15) is 9.59 Å². The zero-order valence-electron chi connectivity index (χ0n) is 18.4. The van der Waals surface area contributed by atoms with Crippen LogP contribution in [-0.2, 0) is 4.74 Å². The molecule has 1 aliphatic heterocycles. The second-order valence-corrected chi connectivity index (χ2v) is 7.68. The number of para-hydroxylation sites is 1. The topological polar surface area (TPSA) is 80.6 Å². The van der Waals surface area contributed by atoms with E-state index in [1.54, 1.807) is 23.9 Å². The molecule has 1 fully saturated rings. The molecule has 166 valence electrons. The molecular formula is C24H27N5O3. The number of amides is 1. The fourth-order valence-electron chi connectivity index (χ4n) is 3.83. The lowest BCUT2D eigenvalue weighted by Crippen LogP contribution is -2.35. The summed E-state index contributed by atoms with van der Waals surface area (Å²) in [5.41, 5.74) is 2.74. The van der Waals surface area contributed by atoms with Gasteiger partial charge in [0.25, 0.3) is 5.91 Å². The number of anilines is 1. The van der Waals surface area contributed by atoms with Crippen LogP contribution in [0.1, 0.15) is 39.9 Å². The molecule has 1 aromatic carbocycles. The lowest BCUT2D eigenvalue weighted by molar-refractivity contribution is 0.0525. The number of hydrogen-bond donors (Lipinski definition) is 0. The van der Waals surface area contributed by atoms with Gasteiger partial charge >= 0.3 is 5.97 Å². The summed E-state index contributed by atoms with van der Waals surface area (Å²) < 4.78 is 6.81. The fourth-order valence-corrected chi connectivity index (χ4v) is 3.83. The molecule has 8 nitrogen and oxygen atoms in total. The van der Waals surface area contributed by atoms with Crippen molar-refractivity contribution in [2.24, 2.45) is 0 Å². The van der Waals surface area contributed by atoms with Crippen LogP contribution >= 0.6 is 0 Å². The van der Waals surface area contributed by atoms with Gasteiger partial charge in [0.2, 0.25) is 0 Å². The van der Waals surface area contributed by atoms with Gasteiger partial charge in [0.1, 0.15) is 5.82 Å². The molecule has 3 heterocycles.